The molecule has 1 fully saturated rings. The average molecular weight is 405 g/mol. The fourth-order valence-electron chi connectivity index (χ4n) is 2.97. The quantitative estimate of drug-likeness (QED) is 0.735. The molecule has 0 spiro atoms. The van der Waals surface area contributed by atoms with Crippen LogP contribution in [0.5, 0.6) is 0 Å². The van der Waals surface area contributed by atoms with E-state index in [0.29, 0.717) is 31.9 Å². The largest absolute Gasteiger partial charge is 0.454 e. The number of nitrogens with zero attached hydrogens (tertiary/aromatic N) is 1. The molecule has 1 unspecified atom stereocenters. The van der Waals surface area contributed by atoms with Gasteiger partial charge in [-0.1, -0.05) is 46.8 Å². The molecule has 1 atom stereocenters. The van der Waals surface area contributed by atoms with Crippen LogP contribution >= 0.6 is 0 Å². The van der Waals surface area contributed by atoms with Crippen LogP contribution in [0.4, 0.5) is 0 Å². The number of hydrogen-bond donors (Lipinski definition) is 1. The second-order valence-corrected chi connectivity index (χ2v) is 8.62. The van der Waals surface area contributed by atoms with E-state index in [1.807, 2.05) is 26.0 Å². The molecule has 2 amide bonds. The van der Waals surface area contributed by atoms with Crippen LogP contribution in [0.1, 0.15) is 50.5 Å². The molecule has 2 rings (SSSR count). The number of carbonyl (C=O) groups excluding carboxylic acids is 3. The minimum atomic E-state index is -0.831. The maximum atomic E-state index is 12.6. The second-order valence-electron chi connectivity index (χ2n) is 8.62. The van der Waals surface area contributed by atoms with Crippen LogP contribution in [0.3, 0.4) is 0 Å². The molecule has 1 N–H and O–H groups in total. The van der Waals surface area contributed by atoms with Gasteiger partial charge in [0.15, 0.2) is 6.61 Å². The Labute approximate surface area is 172 Å². The van der Waals surface area contributed by atoms with Crippen LogP contribution in [0.25, 0.3) is 0 Å². The smallest absolute Gasteiger partial charge is 0.329 e. The molecule has 7 heteroatoms. The van der Waals surface area contributed by atoms with E-state index in [-0.39, 0.29) is 29.8 Å². The van der Waals surface area contributed by atoms with Crippen LogP contribution in [0, 0.1) is 5.92 Å². The van der Waals surface area contributed by atoms with Gasteiger partial charge in [0.2, 0.25) is 0 Å². The van der Waals surface area contributed by atoms with E-state index >= 15 is 0 Å². The van der Waals surface area contributed by atoms with E-state index in [2.05, 4.69) is 26.1 Å². The lowest BCUT2D eigenvalue weighted by molar-refractivity contribution is -0.155. The highest BCUT2D eigenvalue weighted by Gasteiger charge is 2.28. The average Bonchev–Trinajstić information content (AvgIpc) is 2.69. The summed E-state index contributed by atoms with van der Waals surface area (Å²) in [6.45, 7) is 11.6. The van der Waals surface area contributed by atoms with Gasteiger partial charge >= 0.3 is 5.97 Å². The first-order valence-electron chi connectivity index (χ1n) is 10.0. The number of amides is 2. The molecule has 29 heavy (non-hydrogen) atoms. The summed E-state index contributed by atoms with van der Waals surface area (Å²) in [7, 11) is 0. The Balaban J connectivity index is 1.95. The van der Waals surface area contributed by atoms with Gasteiger partial charge in [0.25, 0.3) is 11.8 Å². The maximum absolute atomic E-state index is 12.6. The van der Waals surface area contributed by atoms with E-state index in [4.69, 9.17) is 9.47 Å². The standard InChI is InChI=1S/C22H32N2O5/c1-15(2)19(21(27)29-14-18(25)24-10-12-28-13-11-24)23-20(26)16-6-8-17(9-7-16)22(3,4)5/h6-9,15,19H,10-14H2,1-5H3,(H,23,26). The molecule has 1 aromatic carbocycles. The third kappa shape index (κ3) is 6.56. The van der Waals surface area contributed by atoms with Crippen molar-refractivity contribution in [3.05, 3.63) is 35.4 Å². The monoisotopic (exact) mass is 404 g/mol. The van der Waals surface area contributed by atoms with Gasteiger partial charge in [0, 0.05) is 18.7 Å². The first-order valence-corrected chi connectivity index (χ1v) is 10.0. The topological polar surface area (TPSA) is 84.9 Å². The lowest BCUT2D eigenvalue weighted by atomic mass is 9.86. The summed E-state index contributed by atoms with van der Waals surface area (Å²) in [5.41, 5.74) is 1.59. The molecule has 0 radical (unpaired) electrons. The van der Waals surface area contributed by atoms with Gasteiger partial charge in [-0.25, -0.2) is 4.79 Å². The maximum Gasteiger partial charge on any atom is 0.329 e. The lowest BCUT2D eigenvalue weighted by Gasteiger charge is -2.27. The Morgan fingerprint density at radius 2 is 1.69 bits per heavy atom. The minimum absolute atomic E-state index is 0.00764. The molecule has 0 bridgehead atoms. The Bertz CT molecular complexity index is 716. The van der Waals surface area contributed by atoms with Crippen molar-refractivity contribution in [1.29, 1.82) is 0 Å². The van der Waals surface area contributed by atoms with Gasteiger partial charge in [-0.2, -0.15) is 0 Å². The fourth-order valence-corrected chi connectivity index (χ4v) is 2.97. The van der Waals surface area contributed by atoms with Crippen molar-refractivity contribution in [2.24, 2.45) is 5.92 Å². The number of morpholine rings is 1. The van der Waals surface area contributed by atoms with E-state index in [9.17, 15) is 14.4 Å². The highest BCUT2D eigenvalue weighted by atomic mass is 16.5. The molecular formula is C22H32N2O5. The zero-order valence-corrected chi connectivity index (χ0v) is 18.0. The van der Waals surface area contributed by atoms with Crippen molar-refractivity contribution in [2.45, 2.75) is 46.1 Å². The van der Waals surface area contributed by atoms with Crippen molar-refractivity contribution in [3.8, 4) is 0 Å². The molecule has 0 aromatic heterocycles. The molecular weight excluding hydrogens is 372 g/mol. The molecule has 1 saturated heterocycles. The van der Waals surface area contributed by atoms with E-state index < -0.39 is 12.0 Å². The minimum Gasteiger partial charge on any atom is -0.454 e. The second kappa shape index (κ2) is 9.87. The Morgan fingerprint density at radius 1 is 1.10 bits per heavy atom. The van der Waals surface area contributed by atoms with Crippen LogP contribution < -0.4 is 5.32 Å². The van der Waals surface area contributed by atoms with Crippen molar-refractivity contribution >= 4 is 17.8 Å². The zero-order valence-electron chi connectivity index (χ0n) is 18.0. The normalized spacial score (nSPS) is 15.7. The Hall–Kier alpha value is -2.41. The molecule has 1 aromatic rings. The lowest BCUT2D eigenvalue weighted by Crippen LogP contribution is -2.47. The van der Waals surface area contributed by atoms with Gasteiger partial charge in [-0.05, 0) is 29.0 Å². The van der Waals surface area contributed by atoms with Crippen LogP contribution in [0.15, 0.2) is 24.3 Å². The van der Waals surface area contributed by atoms with E-state index in [0.717, 1.165) is 5.56 Å². The first kappa shape index (κ1) is 22.9. The van der Waals surface area contributed by atoms with Gasteiger partial charge in [-0.3, -0.25) is 9.59 Å². The molecule has 1 aliphatic rings. The third-order valence-corrected chi connectivity index (χ3v) is 4.92. The number of carbonyl (C=O) groups is 3. The van der Waals surface area contributed by atoms with Crippen LogP contribution in [-0.2, 0) is 24.5 Å². The van der Waals surface area contributed by atoms with Crippen molar-refractivity contribution < 1.29 is 23.9 Å². The highest BCUT2D eigenvalue weighted by Crippen LogP contribution is 2.22. The zero-order chi connectivity index (χ0) is 21.6. The van der Waals surface area contributed by atoms with Crippen LogP contribution in [-0.4, -0.2) is 61.6 Å². The number of esters is 1. The molecule has 160 valence electrons. The molecule has 1 aliphatic heterocycles. The summed E-state index contributed by atoms with van der Waals surface area (Å²) in [5.74, 6) is -1.39. The van der Waals surface area contributed by atoms with Gasteiger partial charge in [0.05, 0.1) is 13.2 Å². The van der Waals surface area contributed by atoms with Crippen molar-refractivity contribution in [1.82, 2.24) is 10.2 Å². The summed E-state index contributed by atoms with van der Waals surface area (Å²) < 4.78 is 10.4. The number of hydrogen-bond acceptors (Lipinski definition) is 5. The first-order chi connectivity index (χ1) is 13.6. The molecule has 7 nitrogen and oxygen atoms in total. The number of nitrogens with one attached hydrogen (secondary N) is 1. The predicted octanol–water partition coefficient (Wildman–Crippen LogP) is 2.14. The van der Waals surface area contributed by atoms with Crippen LogP contribution in [0.2, 0.25) is 0 Å². The van der Waals surface area contributed by atoms with Gasteiger partial charge in [-0.15, -0.1) is 0 Å². The SMILES string of the molecule is CC(C)C(NC(=O)c1ccc(C(C)(C)C)cc1)C(=O)OCC(=O)N1CCOCC1. The van der Waals surface area contributed by atoms with Crippen molar-refractivity contribution in [3.63, 3.8) is 0 Å². The van der Waals surface area contributed by atoms with E-state index in [1.54, 1.807) is 17.0 Å². The fraction of sp³-hybridized carbons (Fsp3) is 0.591. The summed E-state index contributed by atoms with van der Waals surface area (Å²) >= 11 is 0. The van der Waals surface area contributed by atoms with Gasteiger partial charge < -0.3 is 19.7 Å². The van der Waals surface area contributed by atoms with Gasteiger partial charge in [0.1, 0.15) is 6.04 Å². The summed E-state index contributed by atoms with van der Waals surface area (Å²) in [6, 6.07) is 6.50. The molecule has 0 saturated carbocycles. The Kier molecular flexibility index (Phi) is 7.79. The summed E-state index contributed by atoms with van der Waals surface area (Å²) in [4.78, 5) is 38.9. The number of benzene rings is 1. The third-order valence-electron chi connectivity index (χ3n) is 4.92. The number of ether oxygens (including phenoxy) is 2. The summed E-state index contributed by atoms with van der Waals surface area (Å²) in [5, 5.41) is 2.74. The Morgan fingerprint density at radius 3 is 2.21 bits per heavy atom. The summed E-state index contributed by atoms with van der Waals surface area (Å²) in [6.07, 6.45) is 0. The predicted molar refractivity (Wildman–Crippen MR) is 110 cm³/mol. The van der Waals surface area contributed by atoms with E-state index in [1.165, 1.54) is 0 Å². The molecule has 1 heterocycles. The molecule has 0 aliphatic carbocycles. The van der Waals surface area contributed by atoms with Crippen molar-refractivity contribution in [2.75, 3.05) is 32.9 Å². The highest BCUT2D eigenvalue weighted by molar-refractivity contribution is 5.97. The number of rotatable bonds is 6.